The van der Waals surface area contributed by atoms with E-state index in [4.69, 9.17) is 20.8 Å². The number of fused-ring (bicyclic) bond motifs is 2. The fraction of sp³-hybridized carbons (Fsp3) is 0.290. The summed E-state index contributed by atoms with van der Waals surface area (Å²) in [4.78, 5) is 32.9. The summed E-state index contributed by atoms with van der Waals surface area (Å²) < 4.78 is 12.9. The average Bonchev–Trinajstić information content (AvgIpc) is 3.44. The van der Waals surface area contributed by atoms with E-state index < -0.39 is 0 Å². The minimum Gasteiger partial charge on any atom is -0.490 e. The highest BCUT2D eigenvalue weighted by Gasteiger charge is 2.20. The molecule has 0 atom stereocenters. The molecule has 1 aliphatic rings. The Bertz CT molecular complexity index is 1790. The average molecular weight is 557 g/mol. The Kier molecular flexibility index (Phi) is 7.02. The number of aromatic nitrogens is 3. The van der Waals surface area contributed by atoms with Crippen LogP contribution in [0, 0.1) is 6.92 Å². The number of carbonyl (C=O) groups excluding carboxylic acids is 1. The highest BCUT2D eigenvalue weighted by Crippen LogP contribution is 2.31. The Labute approximate surface area is 236 Å². The van der Waals surface area contributed by atoms with Crippen LogP contribution in [0.2, 0.25) is 5.02 Å². The van der Waals surface area contributed by atoms with E-state index in [1.54, 1.807) is 31.3 Å². The summed E-state index contributed by atoms with van der Waals surface area (Å²) in [5.41, 5.74) is 3.81. The maximum Gasteiger partial charge on any atom is 0.275 e. The van der Waals surface area contributed by atoms with Gasteiger partial charge in [-0.15, -0.1) is 0 Å². The second-order valence-corrected chi connectivity index (χ2v) is 10.8. The summed E-state index contributed by atoms with van der Waals surface area (Å²) in [5, 5.41) is 6.32. The first-order chi connectivity index (χ1) is 19.4. The van der Waals surface area contributed by atoms with E-state index in [0.717, 1.165) is 42.3 Å². The SMILES string of the molecule is Cc1cc(N(C)C(=O)Cn2nc(-c3cccc(Cl)c3)c3ccc(OC4CCCCC4)cc3c2=O)cc2ocnc12. The summed E-state index contributed by atoms with van der Waals surface area (Å²) in [7, 11) is 1.67. The molecule has 40 heavy (non-hydrogen) atoms. The number of likely N-dealkylation sites (N-methyl/N-ethyl adjacent to an activating group) is 1. The molecule has 0 radical (unpaired) electrons. The molecule has 0 saturated heterocycles. The Morgan fingerprint density at radius 3 is 2.73 bits per heavy atom. The van der Waals surface area contributed by atoms with Crippen molar-refractivity contribution >= 4 is 45.1 Å². The van der Waals surface area contributed by atoms with Gasteiger partial charge in [-0.1, -0.05) is 30.2 Å². The van der Waals surface area contributed by atoms with Crippen molar-refractivity contribution in [3.8, 4) is 17.0 Å². The number of nitrogens with zero attached hydrogens (tertiary/aromatic N) is 4. The molecule has 9 heteroatoms. The Balaban J connectivity index is 1.39. The number of benzene rings is 3. The number of carbonyl (C=O) groups is 1. The van der Waals surface area contributed by atoms with Gasteiger partial charge in [0.05, 0.1) is 17.2 Å². The van der Waals surface area contributed by atoms with Gasteiger partial charge in [-0.3, -0.25) is 9.59 Å². The van der Waals surface area contributed by atoms with Crippen molar-refractivity contribution in [3.63, 3.8) is 0 Å². The molecule has 2 heterocycles. The fourth-order valence-electron chi connectivity index (χ4n) is 5.36. The quantitative estimate of drug-likeness (QED) is 0.236. The molecule has 204 valence electrons. The maximum absolute atomic E-state index is 13.7. The van der Waals surface area contributed by atoms with Crippen LogP contribution in [-0.4, -0.2) is 33.8 Å². The molecular weight excluding hydrogens is 528 g/mol. The number of aryl methyl sites for hydroxylation is 1. The Morgan fingerprint density at radius 1 is 1.10 bits per heavy atom. The van der Waals surface area contributed by atoms with Gasteiger partial charge in [-0.2, -0.15) is 5.10 Å². The van der Waals surface area contributed by atoms with Gasteiger partial charge >= 0.3 is 0 Å². The summed E-state index contributed by atoms with van der Waals surface area (Å²) in [6.45, 7) is 1.66. The highest BCUT2D eigenvalue weighted by molar-refractivity contribution is 6.30. The van der Waals surface area contributed by atoms with Crippen LogP contribution in [0.25, 0.3) is 33.1 Å². The summed E-state index contributed by atoms with van der Waals surface area (Å²) >= 11 is 6.30. The summed E-state index contributed by atoms with van der Waals surface area (Å²) in [6.07, 6.45) is 7.05. The van der Waals surface area contributed by atoms with Gasteiger partial charge in [0.15, 0.2) is 12.0 Å². The number of amides is 1. The number of hydrogen-bond acceptors (Lipinski definition) is 6. The van der Waals surface area contributed by atoms with E-state index in [-0.39, 0.29) is 24.1 Å². The molecule has 0 spiro atoms. The van der Waals surface area contributed by atoms with E-state index in [1.807, 2.05) is 37.3 Å². The largest absolute Gasteiger partial charge is 0.490 e. The minimum atomic E-state index is -0.363. The predicted molar refractivity (Wildman–Crippen MR) is 156 cm³/mol. The van der Waals surface area contributed by atoms with Gasteiger partial charge < -0.3 is 14.1 Å². The molecular formula is C31H29ClN4O4. The topological polar surface area (TPSA) is 90.5 Å². The third-order valence-electron chi connectivity index (χ3n) is 7.54. The number of ether oxygens (including phenoxy) is 1. The predicted octanol–water partition coefficient (Wildman–Crippen LogP) is 6.54. The van der Waals surface area contributed by atoms with Crippen molar-refractivity contribution in [2.75, 3.05) is 11.9 Å². The van der Waals surface area contributed by atoms with Crippen molar-refractivity contribution in [1.29, 1.82) is 0 Å². The van der Waals surface area contributed by atoms with E-state index in [0.29, 0.717) is 38.5 Å². The molecule has 0 aliphatic heterocycles. The van der Waals surface area contributed by atoms with Gasteiger partial charge in [0.2, 0.25) is 5.91 Å². The number of oxazole rings is 1. The van der Waals surface area contributed by atoms with E-state index >= 15 is 0 Å². The minimum absolute atomic E-state index is 0.142. The zero-order valence-electron chi connectivity index (χ0n) is 22.4. The van der Waals surface area contributed by atoms with E-state index in [2.05, 4.69) is 10.1 Å². The van der Waals surface area contributed by atoms with Crippen LogP contribution in [0.3, 0.4) is 0 Å². The van der Waals surface area contributed by atoms with Gasteiger partial charge in [0.1, 0.15) is 17.8 Å². The van der Waals surface area contributed by atoms with Crippen molar-refractivity contribution in [2.45, 2.75) is 51.7 Å². The molecule has 2 aromatic heterocycles. The molecule has 1 saturated carbocycles. The lowest BCUT2D eigenvalue weighted by atomic mass is 9.98. The number of anilines is 1. The van der Waals surface area contributed by atoms with E-state index in [9.17, 15) is 9.59 Å². The standard InChI is InChI=1S/C31H29ClN4O4/c1-19-13-22(15-27-29(19)33-18-39-27)35(2)28(37)17-36-31(38)26-16-24(40-23-9-4-3-5-10-23)11-12-25(26)30(34-36)20-7-6-8-21(32)14-20/h6-8,11-16,18,23H,3-5,9-10,17H2,1-2H3. The van der Waals surface area contributed by atoms with Crippen LogP contribution in [0.15, 0.2) is 70.2 Å². The summed E-state index contributed by atoms with van der Waals surface area (Å²) in [5.74, 6) is 0.337. The zero-order chi connectivity index (χ0) is 27.8. The van der Waals surface area contributed by atoms with Crippen molar-refractivity contribution < 1.29 is 13.9 Å². The lowest BCUT2D eigenvalue weighted by Gasteiger charge is -2.23. The van der Waals surface area contributed by atoms with Crippen LogP contribution in [0.1, 0.15) is 37.7 Å². The van der Waals surface area contributed by atoms with Crippen LogP contribution >= 0.6 is 11.6 Å². The molecule has 8 nitrogen and oxygen atoms in total. The molecule has 1 fully saturated rings. The molecule has 0 unspecified atom stereocenters. The third kappa shape index (κ3) is 5.07. The summed E-state index contributed by atoms with van der Waals surface area (Å²) in [6, 6.07) is 16.5. The molecule has 5 aromatic rings. The van der Waals surface area contributed by atoms with Crippen molar-refractivity contribution in [1.82, 2.24) is 14.8 Å². The molecule has 1 amide bonds. The van der Waals surface area contributed by atoms with Crippen LogP contribution in [0.5, 0.6) is 5.75 Å². The lowest BCUT2D eigenvalue weighted by molar-refractivity contribution is -0.119. The molecule has 0 N–H and O–H groups in total. The zero-order valence-corrected chi connectivity index (χ0v) is 23.1. The van der Waals surface area contributed by atoms with Crippen molar-refractivity contribution in [2.24, 2.45) is 0 Å². The van der Waals surface area contributed by atoms with Crippen LogP contribution in [0.4, 0.5) is 5.69 Å². The Hall–Kier alpha value is -4.17. The van der Waals surface area contributed by atoms with Crippen molar-refractivity contribution in [3.05, 3.63) is 81.9 Å². The molecule has 0 bridgehead atoms. The van der Waals surface area contributed by atoms with Gasteiger partial charge in [0, 0.05) is 34.8 Å². The molecule has 6 rings (SSSR count). The molecule has 1 aliphatic carbocycles. The number of hydrogen-bond donors (Lipinski definition) is 0. The lowest BCUT2D eigenvalue weighted by Crippen LogP contribution is -2.35. The highest BCUT2D eigenvalue weighted by atomic mass is 35.5. The molecule has 3 aromatic carbocycles. The monoisotopic (exact) mass is 556 g/mol. The van der Waals surface area contributed by atoms with Gasteiger partial charge in [0.25, 0.3) is 5.56 Å². The van der Waals surface area contributed by atoms with E-state index in [1.165, 1.54) is 22.4 Å². The first kappa shape index (κ1) is 26.1. The normalized spacial score (nSPS) is 14.1. The van der Waals surface area contributed by atoms with Crippen LogP contribution in [-0.2, 0) is 11.3 Å². The smallest absolute Gasteiger partial charge is 0.275 e. The Morgan fingerprint density at radius 2 is 1.93 bits per heavy atom. The number of halogens is 1. The van der Waals surface area contributed by atoms with Gasteiger partial charge in [-0.25, -0.2) is 9.67 Å². The van der Waals surface area contributed by atoms with Gasteiger partial charge in [-0.05, 0) is 74.6 Å². The fourth-order valence-corrected chi connectivity index (χ4v) is 5.55. The number of rotatable bonds is 6. The second kappa shape index (κ2) is 10.8. The third-order valence-corrected chi connectivity index (χ3v) is 7.78. The second-order valence-electron chi connectivity index (χ2n) is 10.3. The maximum atomic E-state index is 13.7. The first-order valence-corrected chi connectivity index (χ1v) is 13.8. The van der Waals surface area contributed by atoms with Crippen LogP contribution < -0.4 is 15.2 Å². The first-order valence-electron chi connectivity index (χ1n) is 13.5.